The van der Waals surface area contributed by atoms with Gasteiger partial charge in [-0.1, -0.05) is 60.7 Å². The van der Waals surface area contributed by atoms with Crippen LogP contribution in [0.25, 0.3) is 0 Å². The zero-order valence-corrected chi connectivity index (χ0v) is 10.9. The highest BCUT2D eigenvalue weighted by molar-refractivity contribution is 5.41. The number of rotatable bonds is 3. The SMILES string of the molecule is CC(C)(N)C(N)(c1ccccc1)c1ccccc1. The molecule has 0 saturated heterocycles. The van der Waals surface area contributed by atoms with Crippen LogP contribution in [0.1, 0.15) is 25.0 Å². The molecule has 0 radical (unpaired) electrons. The van der Waals surface area contributed by atoms with Crippen molar-refractivity contribution in [3.63, 3.8) is 0 Å². The summed E-state index contributed by atoms with van der Waals surface area (Å²) in [5, 5.41) is 0. The average molecular weight is 240 g/mol. The van der Waals surface area contributed by atoms with E-state index in [1.165, 1.54) is 0 Å². The maximum atomic E-state index is 6.69. The van der Waals surface area contributed by atoms with Gasteiger partial charge in [0.1, 0.15) is 0 Å². The molecule has 0 saturated carbocycles. The Hall–Kier alpha value is -1.64. The molecule has 0 heterocycles. The number of nitrogens with two attached hydrogens (primary N) is 2. The maximum absolute atomic E-state index is 6.69. The van der Waals surface area contributed by atoms with E-state index in [4.69, 9.17) is 11.5 Å². The van der Waals surface area contributed by atoms with Crippen molar-refractivity contribution in [1.29, 1.82) is 0 Å². The summed E-state index contributed by atoms with van der Waals surface area (Å²) in [5.41, 5.74) is 13.8. The molecule has 2 heteroatoms. The molecule has 0 aliphatic heterocycles. The molecule has 2 nitrogen and oxygen atoms in total. The number of hydrogen-bond donors (Lipinski definition) is 2. The molecule has 0 atom stereocenters. The summed E-state index contributed by atoms with van der Waals surface area (Å²) in [6.45, 7) is 3.93. The van der Waals surface area contributed by atoms with Gasteiger partial charge in [0.15, 0.2) is 0 Å². The first-order valence-corrected chi connectivity index (χ1v) is 6.15. The van der Waals surface area contributed by atoms with Crippen molar-refractivity contribution in [3.8, 4) is 0 Å². The van der Waals surface area contributed by atoms with Crippen molar-refractivity contribution in [2.24, 2.45) is 11.5 Å². The van der Waals surface area contributed by atoms with E-state index in [9.17, 15) is 0 Å². The molecule has 0 unspecified atom stereocenters. The lowest BCUT2D eigenvalue weighted by molar-refractivity contribution is 0.316. The second-order valence-corrected chi connectivity index (χ2v) is 5.26. The Morgan fingerprint density at radius 1 is 0.667 bits per heavy atom. The van der Waals surface area contributed by atoms with Gasteiger partial charge in [-0.15, -0.1) is 0 Å². The van der Waals surface area contributed by atoms with Crippen LogP contribution in [-0.2, 0) is 5.54 Å². The minimum absolute atomic E-state index is 0.560. The van der Waals surface area contributed by atoms with Gasteiger partial charge in [0, 0.05) is 5.54 Å². The second-order valence-electron chi connectivity index (χ2n) is 5.26. The van der Waals surface area contributed by atoms with E-state index >= 15 is 0 Å². The van der Waals surface area contributed by atoms with Gasteiger partial charge < -0.3 is 11.5 Å². The summed E-state index contributed by atoms with van der Waals surface area (Å²) in [6, 6.07) is 20.1. The van der Waals surface area contributed by atoms with Crippen molar-refractivity contribution in [1.82, 2.24) is 0 Å². The third kappa shape index (κ3) is 2.05. The molecule has 2 rings (SSSR count). The first-order chi connectivity index (χ1) is 8.46. The maximum Gasteiger partial charge on any atom is 0.0842 e. The normalized spacial score (nSPS) is 12.4. The van der Waals surface area contributed by atoms with Crippen LogP contribution in [0.15, 0.2) is 60.7 Å². The quantitative estimate of drug-likeness (QED) is 0.866. The van der Waals surface area contributed by atoms with Gasteiger partial charge in [-0.2, -0.15) is 0 Å². The Bertz CT molecular complexity index is 458. The van der Waals surface area contributed by atoms with E-state index in [-0.39, 0.29) is 0 Å². The predicted octanol–water partition coefficient (Wildman–Crippen LogP) is 2.63. The molecule has 0 aromatic heterocycles. The molecule has 0 fully saturated rings. The fourth-order valence-electron chi connectivity index (χ4n) is 2.31. The minimum Gasteiger partial charge on any atom is -0.323 e. The smallest absolute Gasteiger partial charge is 0.0842 e. The summed E-state index contributed by atoms with van der Waals surface area (Å²) in [5.74, 6) is 0. The third-order valence-corrected chi connectivity index (χ3v) is 3.47. The fraction of sp³-hybridized carbons (Fsp3) is 0.250. The van der Waals surface area contributed by atoms with E-state index < -0.39 is 11.1 Å². The highest BCUT2D eigenvalue weighted by Gasteiger charge is 2.41. The van der Waals surface area contributed by atoms with E-state index in [1.807, 2.05) is 74.5 Å². The molecule has 0 bridgehead atoms. The fourth-order valence-corrected chi connectivity index (χ4v) is 2.31. The summed E-state index contributed by atoms with van der Waals surface area (Å²) < 4.78 is 0. The monoisotopic (exact) mass is 240 g/mol. The van der Waals surface area contributed by atoms with Crippen LogP contribution < -0.4 is 11.5 Å². The Kier molecular flexibility index (Phi) is 3.24. The molecule has 2 aromatic carbocycles. The first-order valence-electron chi connectivity index (χ1n) is 6.15. The van der Waals surface area contributed by atoms with Crippen LogP contribution in [0.2, 0.25) is 0 Å². The number of benzene rings is 2. The molecule has 18 heavy (non-hydrogen) atoms. The molecular weight excluding hydrogens is 220 g/mol. The minimum atomic E-state index is -0.699. The van der Waals surface area contributed by atoms with Gasteiger partial charge >= 0.3 is 0 Å². The van der Waals surface area contributed by atoms with Gasteiger partial charge in [-0.05, 0) is 25.0 Å². The van der Waals surface area contributed by atoms with Crippen molar-refractivity contribution >= 4 is 0 Å². The average Bonchev–Trinajstić information content (AvgIpc) is 2.38. The van der Waals surface area contributed by atoms with E-state index in [0.29, 0.717) is 0 Å². The molecule has 94 valence electrons. The van der Waals surface area contributed by atoms with E-state index in [0.717, 1.165) is 11.1 Å². The standard InChI is InChI=1S/C16H20N2/c1-15(2,17)16(18,13-9-5-3-6-10-13)14-11-7-4-8-12-14/h3-12H,17-18H2,1-2H3. The van der Waals surface area contributed by atoms with Crippen LogP contribution in [0.3, 0.4) is 0 Å². The van der Waals surface area contributed by atoms with Crippen molar-refractivity contribution in [2.45, 2.75) is 24.9 Å². The Balaban J connectivity index is 2.63. The summed E-state index contributed by atoms with van der Waals surface area (Å²) in [4.78, 5) is 0. The Morgan fingerprint density at radius 3 is 1.28 bits per heavy atom. The van der Waals surface area contributed by atoms with Crippen molar-refractivity contribution in [3.05, 3.63) is 71.8 Å². The molecule has 0 spiro atoms. The largest absolute Gasteiger partial charge is 0.323 e. The van der Waals surface area contributed by atoms with Crippen LogP contribution in [-0.4, -0.2) is 5.54 Å². The molecule has 0 amide bonds. The van der Waals surface area contributed by atoms with Gasteiger partial charge in [-0.25, -0.2) is 0 Å². The zero-order valence-electron chi connectivity index (χ0n) is 10.9. The molecule has 0 aliphatic rings. The topological polar surface area (TPSA) is 52.0 Å². The summed E-state index contributed by atoms with van der Waals surface area (Å²) >= 11 is 0. The number of hydrogen-bond acceptors (Lipinski definition) is 2. The molecular formula is C16H20N2. The van der Waals surface area contributed by atoms with Gasteiger partial charge in [0.25, 0.3) is 0 Å². The van der Waals surface area contributed by atoms with Gasteiger partial charge in [0.05, 0.1) is 5.54 Å². The van der Waals surface area contributed by atoms with Crippen molar-refractivity contribution < 1.29 is 0 Å². The van der Waals surface area contributed by atoms with E-state index in [2.05, 4.69) is 0 Å². The second kappa shape index (κ2) is 4.56. The van der Waals surface area contributed by atoms with Gasteiger partial charge in [0.2, 0.25) is 0 Å². The molecule has 2 aromatic rings. The van der Waals surface area contributed by atoms with Crippen LogP contribution >= 0.6 is 0 Å². The Morgan fingerprint density at radius 2 is 1.00 bits per heavy atom. The highest BCUT2D eigenvalue weighted by atomic mass is 14.9. The van der Waals surface area contributed by atoms with Crippen molar-refractivity contribution in [2.75, 3.05) is 0 Å². The molecule has 4 N–H and O–H groups in total. The summed E-state index contributed by atoms with van der Waals surface area (Å²) in [6.07, 6.45) is 0. The lowest BCUT2D eigenvalue weighted by Crippen LogP contribution is -2.60. The molecule has 0 aliphatic carbocycles. The first kappa shape index (κ1) is 12.8. The van der Waals surface area contributed by atoms with Gasteiger partial charge in [-0.3, -0.25) is 0 Å². The lowest BCUT2D eigenvalue weighted by Gasteiger charge is -2.42. The van der Waals surface area contributed by atoms with E-state index in [1.54, 1.807) is 0 Å². The Labute approximate surface area is 109 Å². The van der Waals surface area contributed by atoms with Crippen LogP contribution in [0, 0.1) is 0 Å². The summed E-state index contributed by atoms with van der Waals surface area (Å²) in [7, 11) is 0. The lowest BCUT2D eigenvalue weighted by atomic mass is 9.71. The van der Waals surface area contributed by atoms with Crippen LogP contribution in [0.5, 0.6) is 0 Å². The highest BCUT2D eigenvalue weighted by Crippen LogP contribution is 2.35. The predicted molar refractivity (Wildman–Crippen MR) is 76.1 cm³/mol. The third-order valence-electron chi connectivity index (χ3n) is 3.47. The zero-order chi connectivity index (χ0) is 13.2. The van der Waals surface area contributed by atoms with Crippen LogP contribution in [0.4, 0.5) is 0 Å².